The van der Waals surface area contributed by atoms with Crippen LogP contribution in [0.1, 0.15) is 28.5 Å². The van der Waals surface area contributed by atoms with Gasteiger partial charge >= 0.3 is 0 Å². The normalized spacial score (nSPS) is 16.8. The molecule has 1 saturated heterocycles. The number of hydrogen-bond acceptors (Lipinski definition) is 3. The molecule has 0 bridgehead atoms. The van der Waals surface area contributed by atoms with Crippen molar-refractivity contribution in [1.29, 1.82) is 0 Å². The molecule has 6 nitrogen and oxygen atoms in total. The number of benzene rings is 2. The molecule has 0 saturated carbocycles. The number of aromatic nitrogens is 2. The first-order chi connectivity index (χ1) is 15.5. The molecule has 1 aliphatic rings. The lowest BCUT2D eigenvalue weighted by molar-refractivity contribution is -0.134. The second kappa shape index (κ2) is 9.39. The van der Waals surface area contributed by atoms with Gasteiger partial charge in [0.05, 0.1) is 12.2 Å². The van der Waals surface area contributed by atoms with Crippen LogP contribution in [0.5, 0.6) is 0 Å². The van der Waals surface area contributed by atoms with Crippen LogP contribution in [0.4, 0.5) is 0 Å². The van der Waals surface area contributed by atoms with Gasteiger partial charge in [0.2, 0.25) is 5.91 Å². The number of hydrogen-bond donors (Lipinski definition) is 0. The van der Waals surface area contributed by atoms with Crippen LogP contribution in [0, 0.1) is 12.8 Å². The van der Waals surface area contributed by atoms with Crippen LogP contribution in [-0.4, -0.2) is 57.3 Å². The highest BCUT2D eigenvalue weighted by atomic mass is 16.2. The fourth-order valence-corrected chi connectivity index (χ4v) is 4.36. The van der Waals surface area contributed by atoms with E-state index in [9.17, 15) is 9.59 Å². The van der Waals surface area contributed by atoms with Gasteiger partial charge < -0.3 is 14.4 Å². The summed E-state index contributed by atoms with van der Waals surface area (Å²) in [5, 5.41) is 0. The highest BCUT2D eigenvalue weighted by Crippen LogP contribution is 2.28. The predicted molar refractivity (Wildman–Crippen MR) is 125 cm³/mol. The number of rotatable bonds is 5. The molecule has 166 valence electrons. The summed E-state index contributed by atoms with van der Waals surface area (Å²) in [5.41, 5.74) is 5.03. The Morgan fingerprint density at radius 2 is 1.84 bits per heavy atom. The predicted octanol–water partition coefficient (Wildman–Crippen LogP) is 3.56. The van der Waals surface area contributed by atoms with E-state index in [0.717, 1.165) is 16.7 Å². The van der Waals surface area contributed by atoms with Crippen molar-refractivity contribution in [3.05, 3.63) is 77.9 Å². The van der Waals surface area contributed by atoms with Crippen LogP contribution in [0.25, 0.3) is 11.1 Å². The van der Waals surface area contributed by atoms with E-state index in [1.807, 2.05) is 31.0 Å². The minimum atomic E-state index is -0.295. The van der Waals surface area contributed by atoms with Crippen molar-refractivity contribution in [1.82, 2.24) is 19.4 Å². The molecule has 1 aliphatic heterocycles. The maximum atomic E-state index is 13.4. The van der Waals surface area contributed by atoms with Crippen molar-refractivity contribution in [3.63, 3.8) is 0 Å². The van der Waals surface area contributed by atoms with Gasteiger partial charge in [-0.1, -0.05) is 54.1 Å². The third-order valence-electron chi connectivity index (χ3n) is 6.18. The summed E-state index contributed by atoms with van der Waals surface area (Å²) in [5.74, 6) is -0.299. The first-order valence-corrected chi connectivity index (χ1v) is 11.2. The maximum Gasteiger partial charge on any atom is 0.274 e. The minimum Gasteiger partial charge on any atom is -0.341 e. The van der Waals surface area contributed by atoms with E-state index in [1.54, 1.807) is 22.0 Å². The van der Waals surface area contributed by atoms with Crippen molar-refractivity contribution >= 4 is 11.8 Å². The van der Waals surface area contributed by atoms with Gasteiger partial charge in [-0.05, 0) is 37.0 Å². The van der Waals surface area contributed by atoms with Crippen LogP contribution < -0.4 is 0 Å². The first kappa shape index (κ1) is 21.8. The lowest BCUT2D eigenvalue weighted by Crippen LogP contribution is -2.38. The SMILES string of the molecule is CCN1CCN(C(=O)c2cn(C)cn2)C[C@H](Cc2ccccc2-c2ccc(C)cc2)C1=O. The van der Waals surface area contributed by atoms with Gasteiger partial charge in [-0.3, -0.25) is 9.59 Å². The van der Waals surface area contributed by atoms with Gasteiger partial charge in [-0.2, -0.15) is 0 Å². The molecular formula is C26H30N4O2. The average molecular weight is 431 g/mol. The fraction of sp³-hybridized carbons (Fsp3) is 0.346. The van der Waals surface area contributed by atoms with E-state index >= 15 is 0 Å². The zero-order valence-corrected chi connectivity index (χ0v) is 19.0. The quantitative estimate of drug-likeness (QED) is 0.622. The zero-order chi connectivity index (χ0) is 22.7. The monoisotopic (exact) mass is 430 g/mol. The van der Waals surface area contributed by atoms with Crippen LogP contribution >= 0.6 is 0 Å². The molecule has 1 fully saturated rings. The number of carbonyl (C=O) groups is 2. The largest absolute Gasteiger partial charge is 0.341 e. The molecule has 0 unspecified atom stereocenters. The lowest BCUT2D eigenvalue weighted by atomic mass is 9.91. The molecule has 6 heteroatoms. The Labute approximate surface area is 189 Å². The van der Waals surface area contributed by atoms with E-state index < -0.39 is 0 Å². The third-order valence-corrected chi connectivity index (χ3v) is 6.18. The molecule has 1 aromatic heterocycles. The number of likely N-dealkylation sites (N-methyl/N-ethyl adjacent to an activating group) is 1. The van der Waals surface area contributed by atoms with Crippen LogP contribution in [0.2, 0.25) is 0 Å². The summed E-state index contributed by atoms with van der Waals surface area (Å²) >= 11 is 0. The minimum absolute atomic E-state index is 0.113. The lowest BCUT2D eigenvalue weighted by Gasteiger charge is -2.24. The van der Waals surface area contributed by atoms with Crippen molar-refractivity contribution in [2.24, 2.45) is 13.0 Å². The summed E-state index contributed by atoms with van der Waals surface area (Å²) in [6.07, 6.45) is 3.95. The Kier molecular flexibility index (Phi) is 6.40. The average Bonchev–Trinajstić information content (AvgIpc) is 3.17. The van der Waals surface area contributed by atoms with Crippen molar-refractivity contribution in [2.45, 2.75) is 20.3 Å². The number of carbonyl (C=O) groups excluding carboxylic acids is 2. The summed E-state index contributed by atoms with van der Waals surface area (Å²) < 4.78 is 1.77. The van der Waals surface area contributed by atoms with Gasteiger partial charge in [0.25, 0.3) is 5.91 Å². The standard InChI is InChI=1S/C26H30N4O2/c1-4-29-13-14-30(26(32)24-17-28(3)18-27-24)16-22(25(29)31)15-21-7-5-6-8-23(21)20-11-9-19(2)10-12-20/h5-12,17-18,22H,4,13-16H2,1-3H3/t22-/m0/s1. The summed E-state index contributed by atoms with van der Waals surface area (Å²) in [4.78, 5) is 34.3. The van der Waals surface area contributed by atoms with Crippen LogP contribution in [0.15, 0.2) is 61.1 Å². The molecule has 0 radical (unpaired) electrons. The van der Waals surface area contributed by atoms with E-state index in [-0.39, 0.29) is 17.7 Å². The maximum absolute atomic E-state index is 13.4. The van der Waals surface area contributed by atoms with E-state index in [4.69, 9.17) is 0 Å². The number of imidazole rings is 1. The molecule has 2 heterocycles. The van der Waals surface area contributed by atoms with Crippen molar-refractivity contribution in [3.8, 4) is 11.1 Å². The van der Waals surface area contributed by atoms with Gasteiger partial charge in [0.1, 0.15) is 5.69 Å². The Hall–Kier alpha value is -3.41. The van der Waals surface area contributed by atoms with Gasteiger partial charge in [0.15, 0.2) is 0 Å². The third kappa shape index (κ3) is 4.59. The summed E-state index contributed by atoms with van der Waals surface area (Å²) in [6, 6.07) is 16.7. The molecule has 32 heavy (non-hydrogen) atoms. The summed E-state index contributed by atoms with van der Waals surface area (Å²) in [6.45, 7) is 6.17. The molecule has 1 atom stereocenters. The van der Waals surface area contributed by atoms with Crippen molar-refractivity contribution in [2.75, 3.05) is 26.2 Å². The Morgan fingerprint density at radius 3 is 2.53 bits per heavy atom. The Morgan fingerprint density at radius 1 is 1.09 bits per heavy atom. The fourth-order valence-electron chi connectivity index (χ4n) is 4.36. The number of amides is 2. The number of aryl methyl sites for hydroxylation is 2. The molecule has 3 aromatic rings. The second-order valence-corrected chi connectivity index (χ2v) is 8.52. The molecular weight excluding hydrogens is 400 g/mol. The second-order valence-electron chi connectivity index (χ2n) is 8.52. The van der Waals surface area contributed by atoms with Gasteiger partial charge in [-0.25, -0.2) is 4.98 Å². The summed E-state index contributed by atoms with van der Waals surface area (Å²) in [7, 11) is 1.85. The van der Waals surface area contributed by atoms with Gasteiger partial charge in [0, 0.05) is 39.4 Å². The molecule has 2 aromatic carbocycles. The van der Waals surface area contributed by atoms with Crippen LogP contribution in [0.3, 0.4) is 0 Å². The highest BCUT2D eigenvalue weighted by Gasteiger charge is 2.33. The Bertz CT molecular complexity index is 1100. The van der Waals surface area contributed by atoms with Crippen molar-refractivity contribution < 1.29 is 9.59 Å². The zero-order valence-electron chi connectivity index (χ0n) is 19.0. The molecule has 2 amide bonds. The van der Waals surface area contributed by atoms with E-state index in [1.165, 1.54) is 5.56 Å². The molecule has 0 N–H and O–H groups in total. The molecule has 0 aliphatic carbocycles. The van der Waals surface area contributed by atoms with Gasteiger partial charge in [-0.15, -0.1) is 0 Å². The number of nitrogens with zero attached hydrogens (tertiary/aromatic N) is 4. The molecule has 4 rings (SSSR count). The highest BCUT2D eigenvalue weighted by molar-refractivity contribution is 5.93. The van der Waals surface area contributed by atoms with E-state index in [2.05, 4.69) is 48.3 Å². The topological polar surface area (TPSA) is 58.4 Å². The van der Waals surface area contributed by atoms with E-state index in [0.29, 0.717) is 38.3 Å². The van der Waals surface area contributed by atoms with Crippen LogP contribution in [-0.2, 0) is 18.3 Å². The molecule has 0 spiro atoms. The first-order valence-electron chi connectivity index (χ1n) is 11.2. The smallest absolute Gasteiger partial charge is 0.274 e. The Balaban J connectivity index is 1.63.